The molecule has 1 aliphatic heterocycles. The number of nitro groups is 1. The van der Waals surface area contributed by atoms with Crippen LogP contribution in [0, 0.1) is 10.1 Å². The number of aliphatic hydroxyl groups is 1. The van der Waals surface area contributed by atoms with E-state index in [0.717, 1.165) is 0 Å². The van der Waals surface area contributed by atoms with Crippen molar-refractivity contribution in [2.45, 2.75) is 44.3 Å². The Hall–Kier alpha value is -1.57. The molecule has 1 aliphatic rings. The third-order valence-corrected chi connectivity index (χ3v) is 3.54. The average molecular weight is 282 g/mol. The van der Waals surface area contributed by atoms with E-state index in [1.165, 1.54) is 6.92 Å². The van der Waals surface area contributed by atoms with Crippen LogP contribution in [0.1, 0.15) is 26.0 Å². The van der Waals surface area contributed by atoms with Crippen LogP contribution in [-0.2, 0) is 15.3 Å². The molecule has 1 saturated heterocycles. The first-order valence-electron chi connectivity index (χ1n) is 6.55. The molecule has 0 saturated carbocycles. The van der Waals surface area contributed by atoms with Crippen LogP contribution in [0.2, 0.25) is 0 Å². The first kappa shape index (κ1) is 14.8. The molecule has 1 fully saturated rings. The Labute approximate surface area is 116 Å². The third kappa shape index (κ3) is 2.52. The lowest BCUT2D eigenvalue weighted by Crippen LogP contribution is -2.40. The van der Waals surface area contributed by atoms with Crippen molar-refractivity contribution in [2.75, 3.05) is 6.61 Å². The standard InChI is InChI=1S/C13H18N2O5/c1-3-13(11-6-4-5-7-14-11)19-10(8-16)12(20-13)9(2)15(17)18/h4-7,9-10,12,16H,3,8H2,1-2H3. The van der Waals surface area contributed by atoms with Gasteiger partial charge < -0.3 is 14.6 Å². The molecule has 0 aliphatic carbocycles. The Kier molecular flexibility index (Phi) is 4.32. The number of hydrogen-bond donors (Lipinski definition) is 1. The van der Waals surface area contributed by atoms with E-state index in [0.29, 0.717) is 12.1 Å². The second-order valence-electron chi connectivity index (χ2n) is 4.77. The molecule has 0 amide bonds. The minimum Gasteiger partial charge on any atom is -0.394 e. The summed E-state index contributed by atoms with van der Waals surface area (Å²) in [5.74, 6) is -1.14. The van der Waals surface area contributed by atoms with Crippen LogP contribution in [0.15, 0.2) is 24.4 Å². The summed E-state index contributed by atoms with van der Waals surface area (Å²) < 4.78 is 11.6. The predicted molar refractivity (Wildman–Crippen MR) is 69.5 cm³/mol. The van der Waals surface area contributed by atoms with E-state index in [9.17, 15) is 15.2 Å². The number of nitrogens with zero attached hydrogens (tertiary/aromatic N) is 2. The molecule has 1 N–H and O–H groups in total. The predicted octanol–water partition coefficient (Wildman–Crippen LogP) is 1.09. The van der Waals surface area contributed by atoms with Gasteiger partial charge in [0.05, 0.1) is 12.3 Å². The van der Waals surface area contributed by atoms with E-state index in [-0.39, 0.29) is 6.61 Å². The minimum absolute atomic E-state index is 0.336. The van der Waals surface area contributed by atoms with Gasteiger partial charge >= 0.3 is 0 Å². The molecule has 1 aromatic rings. The first-order valence-corrected chi connectivity index (χ1v) is 6.55. The quantitative estimate of drug-likeness (QED) is 0.641. The summed E-state index contributed by atoms with van der Waals surface area (Å²) in [4.78, 5) is 14.7. The highest BCUT2D eigenvalue weighted by Gasteiger charge is 2.53. The van der Waals surface area contributed by atoms with Crippen molar-refractivity contribution in [1.82, 2.24) is 4.98 Å². The number of aromatic nitrogens is 1. The molecule has 4 unspecified atom stereocenters. The van der Waals surface area contributed by atoms with E-state index in [4.69, 9.17) is 9.47 Å². The molecule has 0 aromatic carbocycles. The van der Waals surface area contributed by atoms with Crippen molar-refractivity contribution >= 4 is 0 Å². The number of pyridine rings is 1. The highest BCUT2D eigenvalue weighted by atomic mass is 16.8. The van der Waals surface area contributed by atoms with Gasteiger partial charge in [-0.1, -0.05) is 13.0 Å². The number of ether oxygens (including phenoxy) is 2. The van der Waals surface area contributed by atoms with Crippen molar-refractivity contribution in [3.8, 4) is 0 Å². The fraction of sp³-hybridized carbons (Fsp3) is 0.615. The van der Waals surface area contributed by atoms with Crippen molar-refractivity contribution < 1.29 is 19.5 Å². The highest BCUT2D eigenvalue weighted by Crippen LogP contribution is 2.40. The Morgan fingerprint density at radius 2 is 2.30 bits per heavy atom. The molecule has 2 rings (SSSR count). The smallest absolute Gasteiger partial charge is 0.238 e. The second kappa shape index (κ2) is 5.82. The van der Waals surface area contributed by atoms with Crippen molar-refractivity contribution in [3.05, 3.63) is 40.2 Å². The van der Waals surface area contributed by atoms with Crippen LogP contribution in [0.25, 0.3) is 0 Å². The molecule has 0 radical (unpaired) electrons. The van der Waals surface area contributed by atoms with Gasteiger partial charge in [-0.3, -0.25) is 15.1 Å². The molecule has 20 heavy (non-hydrogen) atoms. The minimum atomic E-state index is -1.14. The van der Waals surface area contributed by atoms with Crippen LogP contribution >= 0.6 is 0 Å². The fourth-order valence-corrected chi connectivity index (χ4v) is 2.36. The molecule has 7 nitrogen and oxygen atoms in total. The Bertz CT molecular complexity index is 469. The van der Waals surface area contributed by atoms with Gasteiger partial charge in [-0.25, -0.2) is 0 Å². The summed E-state index contributed by atoms with van der Waals surface area (Å²) >= 11 is 0. The number of aliphatic hydroxyl groups excluding tert-OH is 1. The van der Waals surface area contributed by atoms with Crippen LogP contribution < -0.4 is 0 Å². The maximum atomic E-state index is 11.0. The van der Waals surface area contributed by atoms with Gasteiger partial charge in [0.1, 0.15) is 6.10 Å². The summed E-state index contributed by atoms with van der Waals surface area (Å²) in [5, 5.41) is 20.4. The first-order chi connectivity index (χ1) is 9.54. The summed E-state index contributed by atoms with van der Waals surface area (Å²) in [6.07, 6.45) is 0.508. The average Bonchev–Trinajstić information content (AvgIpc) is 2.87. The molecule has 110 valence electrons. The normalized spacial score (nSPS) is 31.1. The third-order valence-electron chi connectivity index (χ3n) is 3.54. The van der Waals surface area contributed by atoms with Gasteiger partial charge in [0.15, 0.2) is 6.10 Å². The summed E-state index contributed by atoms with van der Waals surface area (Å²) in [6, 6.07) is 4.34. The molecule has 0 spiro atoms. The summed E-state index contributed by atoms with van der Waals surface area (Å²) in [6.45, 7) is 2.96. The monoisotopic (exact) mass is 282 g/mol. The SMILES string of the molecule is CCC1(c2ccccn2)OC(CO)C(C(C)[N+](=O)[O-])O1. The van der Waals surface area contributed by atoms with Crippen LogP contribution in [0.4, 0.5) is 0 Å². The van der Waals surface area contributed by atoms with Crippen molar-refractivity contribution in [1.29, 1.82) is 0 Å². The van der Waals surface area contributed by atoms with Crippen molar-refractivity contribution in [2.24, 2.45) is 0 Å². The van der Waals surface area contributed by atoms with Gasteiger partial charge in [0.2, 0.25) is 11.8 Å². The molecule has 7 heteroatoms. The molecule has 2 heterocycles. The second-order valence-corrected chi connectivity index (χ2v) is 4.77. The van der Waals surface area contributed by atoms with Crippen LogP contribution in [-0.4, -0.2) is 39.9 Å². The molecule has 4 atom stereocenters. The Morgan fingerprint density at radius 3 is 2.80 bits per heavy atom. The highest BCUT2D eigenvalue weighted by molar-refractivity contribution is 5.12. The fourth-order valence-electron chi connectivity index (χ4n) is 2.36. The zero-order valence-electron chi connectivity index (χ0n) is 11.4. The Balaban J connectivity index is 2.32. The topological polar surface area (TPSA) is 94.7 Å². The molecule has 1 aromatic heterocycles. The zero-order chi connectivity index (χ0) is 14.8. The van der Waals surface area contributed by atoms with Crippen LogP contribution in [0.5, 0.6) is 0 Å². The van der Waals surface area contributed by atoms with E-state index >= 15 is 0 Å². The Morgan fingerprint density at radius 1 is 1.55 bits per heavy atom. The van der Waals surface area contributed by atoms with E-state index in [1.54, 1.807) is 24.4 Å². The molecular formula is C13H18N2O5. The van der Waals surface area contributed by atoms with Gasteiger partial charge in [-0.2, -0.15) is 0 Å². The largest absolute Gasteiger partial charge is 0.394 e. The van der Waals surface area contributed by atoms with E-state index in [1.807, 2.05) is 6.92 Å². The van der Waals surface area contributed by atoms with Gasteiger partial charge in [0.25, 0.3) is 0 Å². The lowest BCUT2D eigenvalue weighted by molar-refractivity contribution is -0.531. The molecule has 0 bridgehead atoms. The van der Waals surface area contributed by atoms with E-state index < -0.39 is 29.0 Å². The summed E-state index contributed by atoms with van der Waals surface area (Å²) in [5.41, 5.74) is 0.555. The summed E-state index contributed by atoms with van der Waals surface area (Å²) in [7, 11) is 0. The maximum Gasteiger partial charge on any atom is 0.238 e. The van der Waals surface area contributed by atoms with Crippen molar-refractivity contribution in [3.63, 3.8) is 0 Å². The number of hydrogen-bond acceptors (Lipinski definition) is 6. The molecular weight excluding hydrogens is 264 g/mol. The maximum absolute atomic E-state index is 11.0. The van der Waals surface area contributed by atoms with Gasteiger partial charge in [-0.15, -0.1) is 0 Å². The van der Waals surface area contributed by atoms with Crippen LogP contribution in [0.3, 0.4) is 0 Å². The van der Waals surface area contributed by atoms with E-state index in [2.05, 4.69) is 4.98 Å². The lowest BCUT2D eigenvalue weighted by atomic mass is 10.1. The van der Waals surface area contributed by atoms with Gasteiger partial charge in [0, 0.05) is 24.5 Å². The van der Waals surface area contributed by atoms with Gasteiger partial charge in [-0.05, 0) is 12.1 Å². The lowest BCUT2D eigenvalue weighted by Gasteiger charge is -2.26. The number of rotatable bonds is 5. The zero-order valence-corrected chi connectivity index (χ0v) is 11.4.